The number of halogens is 2. The van der Waals surface area contributed by atoms with Crippen LogP contribution in [0, 0.1) is 5.95 Å². The molecule has 3 aromatic rings. The van der Waals surface area contributed by atoms with Crippen molar-refractivity contribution in [2.75, 3.05) is 6.61 Å². The first-order chi connectivity index (χ1) is 21.9. The number of nitrogens with zero attached hydrogens (tertiary/aromatic N) is 1. The van der Waals surface area contributed by atoms with E-state index < -0.39 is 69.4 Å². The Kier molecular flexibility index (Phi) is 12.3. The summed E-state index contributed by atoms with van der Waals surface area (Å²) in [6.07, 6.45) is -0.521. The third kappa shape index (κ3) is 11.0. The molecule has 4 rings (SSSR count). The predicted molar refractivity (Wildman–Crippen MR) is 204 cm³/mol. The summed E-state index contributed by atoms with van der Waals surface area (Å²) in [6, 6.07) is 12.7. The maximum absolute atomic E-state index is 13.4. The first kappa shape index (κ1) is 39.7. The van der Waals surface area contributed by atoms with Crippen LogP contribution in [0.1, 0.15) is 16.0 Å². The fraction of sp³-hybridized carbons (Fsp3) is 0.559. The smallest absolute Gasteiger partial charge is 0.221 e. The van der Waals surface area contributed by atoms with E-state index in [2.05, 4.69) is 83.5 Å². The molecule has 5 atom stereocenters. The molecule has 0 aliphatic carbocycles. The zero-order valence-corrected chi connectivity index (χ0v) is 36.0. The highest BCUT2D eigenvalue weighted by Crippen LogP contribution is 2.44. The van der Waals surface area contributed by atoms with Crippen molar-refractivity contribution < 1.29 is 31.9 Å². The fourth-order valence-corrected chi connectivity index (χ4v) is 10.7. The first-order valence-electron chi connectivity index (χ1n) is 16.5. The highest BCUT2D eigenvalue weighted by atomic mass is 35.5. The minimum atomic E-state index is -2.29. The Bertz CT molecular complexity index is 1540. The molecule has 3 heterocycles. The molecule has 266 valence electrons. The number of pyridine rings is 1. The summed E-state index contributed by atoms with van der Waals surface area (Å²) < 4.78 is 47.5. The van der Waals surface area contributed by atoms with Crippen LogP contribution < -0.4 is 0 Å². The summed E-state index contributed by atoms with van der Waals surface area (Å²) >= 11 is 8.40. The lowest BCUT2D eigenvalue weighted by molar-refractivity contribution is -0.348. The molecule has 1 aromatic carbocycles. The van der Waals surface area contributed by atoms with Gasteiger partial charge < -0.3 is 27.5 Å². The lowest BCUT2D eigenvalue weighted by Gasteiger charge is -2.54. The van der Waals surface area contributed by atoms with Crippen LogP contribution in [0.3, 0.4) is 0 Å². The van der Waals surface area contributed by atoms with Crippen molar-refractivity contribution in [3.63, 3.8) is 0 Å². The highest BCUT2D eigenvalue weighted by molar-refractivity contribution is 7.15. The van der Waals surface area contributed by atoms with Gasteiger partial charge in [-0.15, -0.1) is 11.3 Å². The minimum Gasteiger partial charge on any atom is -0.415 e. The van der Waals surface area contributed by atoms with Gasteiger partial charge in [0.1, 0.15) is 24.4 Å². The predicted octanol–water partition coefficient (Wildman–Crippen LogP) is 9.25. The molecule has 4 unspecified atom stereocenters. The molecular weight excluding hydrogens is 717 g/mol. The number of hydrogen-bond donors (Lipinski definition) is 1. The third-order valence-corrected chi connectivity index (χ3v) is 12.8. The van der Waals surface area contributed by atoms with Crippen molar-refractivity contribution in [1.82, 2.24) is 4.98 Å². The Morgan fingerprint density at radius 1 is 0.833 bits per heavy atom. The van der Waals surface area contributed by atoms with Crippen molar-refractivity contribution in [3.05, 3.63) is 75.6 Å². The molecule has 7 nitrogen and oxygen atoms in total. The van der Waals surface area contributed by atoms with Gasteiger partial charge in [-0.3, -0.25) is 0 Å². The van der Waals surface area contributed by atoms with Gasteiger partial charge in [-0.1, -0.05) is 17.7 Å². The Hall–Kier alpha value is -1.08. The largest absolute Gasteiger partial charge is 0.415 e. The zero-order valence-electron chi connectivity index (χ0n) is 30.4. The van der Waals surface area contributed by atoms with Crippen molar-refractivity contribution in [2.45, 2.75) is 115 Å². The maximum Gasteiger partial charge on any atom is 0.221 e. The van der Waals surface area contributed by atoms with Gasteiger partial charge in [0.2, 0.25) is 11.7 Å². The van der Waals surface area contributed by atoms with Crippen LogP contribution in [-0.2, 0) is 34.6 Å². The van der Waals surface area contributed by atoms with Gasteiger partial charge in [0.15, 0.2) is 33.3 Å². The van der Waals surface area contributed by atoms with Crippen molar-refractivity contribution in [3.8, 4) is 10.4 Å². The molecular formula is C34H53ClFNO6SSi4. The normalized spacial score (nSPS) is 24.2. The Morgan fingerprint density at radius 2 is 1.46 bits per heavy atom. The number of thiophene rings is 1. The van der Waals surface area contributed by atoms with E-state index in [1.165, 1.54) is 12.3 Å². The Morgan fingerprint density at radius 3 is 2.02 bits per heavy atom. The number of hydrogen-bond acceptors (Lipinski definition) is 8. The second-order valence-electron chi connectivity index (χ2n) is 16.4. The van der Waals surface area contributed by atoms with Crippen molar-refractivity contribution in [2.24, 2.45) is 0 Å². The summed E-state index contributed by atoms with van der Waals surface area (Å²) in [5.74, 6) is -2.39. The van der Waals surface area contributed by atoms with Gasteiger partial charge in [-0.25, -0.2) is 4.98 Å². The van der Waals surface area contributed by atoms with Crippen LogP contribution >= 0.6 is 22.9 Å². The van der Waals surface area contributed by atoms with Crippen LogP contribution in [0.5, 0.6) is 0 Å². The number of rotatable bonds is 13. The van der Waals surface area contributed by atoms with Gasteiger partial charge >= 0.3 is 0 Å². The highest BCUT2D eigenvalue weighted by Gasteiger charge is 2.59. The molecule has 14 heteroatoms. The van der Waals surface area contributed by atoms with E-state index in [0.29, 0.717) is 17.0 Å². The molecule has 1 N–H and O–H groups in total. The second-order valence-corrected chi connectivity index (χ2v) is 35.9. The summed E-state index contributed by atoms with van der Waals surface area (Å²) in [5.41, 5.74) is 2.22. The Balaban J connectivity index is 1.81. The lowest BCUT2D eigenvalue weighted by atomic mass is 9.87. The number of ether oxygens (including phenoxy) is 1. The lowest BCUT2D eigenvalue weighted by Crippen LogP contribution is -2.69. The number of aromatic nitrogens is 1. The molecule has 0 radical (unpaired) electrons. The van der Waals surface area contributed by atoms with Crippen LogP contribution in [0.4, 0.5) is 4.39 Å². The van der Waals surface area contributed by atoms with Gasteiger partial charge in [0, 0.05) is 38.5 Å². The van der Waals surface area contributed by atoms with Crippen molar-refractivity contribution >= 4 is 56.2 Å². The van der Waals surface area contributed by atoms with Gasteiger partial charge in [0.25, 0.3) is 0 Å². The zero-order chi connectivity index (χ0) is 35.9. The average Bonchev–Trinajstić information content (AvgIpc) is 3.39. The van der Waals surface area contributed by atoms with Gasteiger partial charge in [-0.05, 0) is 121 Å². The van der Waals surface area contributed by atoms with Crippen molar-refractivity contribution in [1.29, 1.82) is 0 Å². The summed E-state index contributed by atoms with van der Waals surface area (Å²) in [5, 5.41) is 13.5. The fourth-order valence-electron chi connectivity index (χ4n) is 5.55. The molecule has 48 heavy (non-hydrogen) atoms. The molecule has 1 aliphatic heterocycles. The van der Waals surface area contributed by atoms with Crippen LogP contribution in [0.15, 0.2) is 48.7 Å². The van der Waals surface area contributed by atoms with E-state index >= 15 is 0 Å². The second kappa shape index (κ2) is 14.9. The van der Waals surface area contributed by atoms with Crippen LogP contribution in [0.2, 0.25) is 83.6 Å². The van der Waals surface area contributed by atoms with Crippen LogP contribution in [-0.4, -0.2) is 74.4 Å². The maximum atomic E-state index is 13.4. The van der Waals surface area contributed by atoms with Gasteiger partial charge in [0.05, 0.1) is 6.61 Å². The monoisotopic (exact) mass is 769 g/mol. The molecule has 0 spiro atoms. The molecule has 1 aliphatic rings. The number of aliphatic hydroxyl groups is 1. The summed E-state index contributed by atoms with van der Waals surface area (Å²) in [7, 11) is -8.59. The van der Waals surface area contributed by atoms with Crippen LogP contribution in [0.25, 0.3) is 10.4 Å². The average molecular weight is 771 g/mol. The third-order valence-electron chi connectivity index (χ3n) is 7.34. The van der Waals surface area contributed by atoms with E-state index in [0.717, 1.165) is 20.9 Å². The van der Waals surface area contributed by atoms with E-state index in [1.807, 2.05) is 30.3 Å². The molecule has 1 fully saturated rings. The van der Waals surface area contributed by atoms with Gasteiger partial charge in [-0.2, -0.15) is 4.39 Å². The topological polar surface area (TPSA) is 79.3 Å². The molecule has 2 aromatic heterocycles. The molecule has 0 bridgehead atoms. The number of benzene rings is 1. The SMILES string of the molecule is C[Si](C)(C)OCC1OC(O)(c2ccc(Cl)c(Cc3ccc(-c4ccc(F)nc4)s3)c2)C(O[Si](C)(C)C)C(O[Si](C)(C)C)[C@@H]1O[Si](C)(C)C. The minimum absolute atomic E-state index is 0.259. The first-order valence-corrected chi connectivity index (χ1v) is 31.3. The molecule has 0 saturated carbocycles. The summed E-state index contributed by atoms with van der Waals surface area (Å²) in [6.45, 7) is 25.9. The summed E-state index contributed by atoms with van der Waals surface area (Å²) in [4.78, 5) is 5.84. The standard InChI is InChI=1S/C34H53ClFNO6SSi4/c1-45(2,3)39-22-28-31(41-46(4,5)6)32(42-47(7,8)9)33(43-48(10,11)12)34(38,40-28)25-14-16-27(35)24(19-25)20-26-15-17-29(44-26)23-13-18-30(36)37-21-23/h13-19,21,28,31-33,38H,20,22H2,1-12H3/t28?,31-,32?,33?,34?/m1/s1. The van der Waals surface area contributed by atoms with E-state index in [9.17, 15) is 9.50 Å². The molecule has 1 saturated heterocycles. The van der Waals surface area contributed by atoms with E-state index in [1.54, 1.807) is 17.4 Å². The van der Waals surface area contributed by atoms with E-state index in [-0.39, 0.29) is 6.61 Å². The molecule has 0 amide bonds. The van der Waals surface area contributed by atoms with E-state index in [4.69, 9.17) is 34.0 Å². The quantitative estimate of drug-likeness (QED) is 0.137. The Labute approximate surface area is 299 Å².